The van der Waals surface area contributed by atoms with Crippen LogP contribution in [-0.4, -0.2) is 11.7 Å². The molecule has 0 atom stereocenters. The normalized spacial score (nSPS) is 12.4. The molecule has 4 nitrogen and oxygen atoms in total. The Bertz CT molecular complexity index is 631. The molecule has 6 N–H and O–H groups in total. The Morgan fingerprint density at radius 2 is 1.71 bits per heavy atom. The van der Waals surface area contributed by atoms with Gasteiger partial charge in [0.2, 0.25) is 0 Å². The number of benzene rings is 1. The summed E-state index contributed by atoms with van der Waals surface area (Å²) in [5, 5.41) is 14.7. The molecule has 0 saturated heterocycles. The van der Waals surface area contributed by atoms with E-state index in [1.165, 1.54) is 0 Å². The number of hydrogen-bond acceptors (Lipinski definition) is 2. The van der Waals surface area contributed by atoms with E-state index in [-0.39, 0.29) is 11.7 Å². The van der Waals surface area contributed by atoms with Gasteiger partial charge in [-0.25, -0.2) is 0 Å². The van der Waals surface area contributed by atoms with Gasteiger partial charge < -0.3 is 11.5 Å². The van der Waals surface area contributed by atoms with Gasteiger partial charge in [-0.1, -0.05) is 66.8 Å². The van der Waals surface area contributed by atoms with Crippen LogP contribution in [0.5, 0.6) is 0 Å². The third kappa shape index (κ3) is 5.32. The van der Waals surface area contributed by atoms with Crippen molar-refractivity contribution in [2.24, 2.45) is 11.5 Å². The van der Waals surface area contributed by atoms with Crippen LogP contribution in [0.4, 0.5) is 0 Å². The zero-order valence-corrected chi connectivity index (χ0v) is 12.1. The highest BCUT2D eigenvalue weighted by molar-refractivity contribution is 5.97. The van der Waals surface area contributed by atoms with Gasteiger partial charge >= 0.3 is 0 Å². The van der Waals surface area contributed by atoms with E-state index in [1.54, 1.807) is 12.2 Å². The van der Waals surface area contributed by atoms with Gasteiger partial charge in [0, 0.05) is 11.1 Å². The van der Waals surface area contributed by atoms with Gasteiger partial charge in [-0.15, -0.1) is 0 Å². The molecule has 0 aliphatic carbocycles. The molecule has 0 heterocycles. The number of allylic oxidation sites excluding steroid dienone is 4. The van der Waals surface area contributed by atoms with E-state index in [1.807, 2.05) is 49.4 Å². The molecule has 108 valence electrons. The van der Waals surface area contributed by atoms with Gasteiger partial charge in [0.1, 0.15) is 11.7 Å². The van der Waals surface area contributed by atoms with Crippen molar-refractivity contribution in [2.75, 3.05) is 0 Å². The molecule has 1 rings (SSSR count). The van der Waals surface area contributed by atoms with Crippen molar-refractivity contribution < 1.29 is 0 Å². The van der Waals surface area contributed by atoms with Crippen molar-refractivity contribution in [2.45, 2.75) is 6.92 Å². The average molecular weight is 280 g/mol. The summed E-state index contributed by atoms with van der Waals surface area (Å²) in [6.07, 6.45) is 9.11. The molecule has 0 spiro atoms. The van der Waals surface area contributed by atoms with Gasteiger partial charge in [-0.2, -0.15) is 0 Å². The van der Waals surface area contributed by atoms with Crippen LogP contribution >= 0.6 is 0 Å². The highest BCUT2D eigenvalue weighted by atomic mass is 14.7. The van der Waals surface area contributed by atoms with Gasteiger partial charge in [-0.3, -0.25) is 10.8 Å². The molecular weight excluding hydrogens is 260 g/mol. The van der Waals surface area contributed by atoms with Crippen LogP contribution in [0.1, 0.15) is 18.1 Å². The molecule has 1 aromatic carbocycles. The number of nitrogens with two attached hydrogens (primary N) is 2. The van der Waals surface area contributed by atoms with Crippen LogP contribution in [0.15, 0.2) is 66.3 Å². The summed E-state index contributed by atoms with van der Waals surface area (Å²) >= 11 is 0. The number of nitrogen functional groups attached to an aromatic ring is 1. The highest BCUT2D eigenvalue weighted by Crippen LogP contribution is 2.08. The summed E-state index contributed by atoms with van der Waals surface area (Å²) in [6, 6.07) is 7.43. The van der Waals surface area contributed by atoms with E-state index in [0.29, 0.717) is 11.1 Å². The summed E-state index contributed by atoms with van der Waals surface area (Å²) in [6.45, 7) is 5.57. The number of nitrogens with one attached hydrogen (secondary N) is 2. The summed E-state index contributed by atoms with van der Waals surface area (Å²) in [5.41, 5.74) is 14.2. The summed E-state index contributed by atoms with van der Waals surface area (Å²) in [4.78, 5) is 0. The molecule has 0 aliphatic heterocycles. The Balaban J connectivity index is 2.82. The standard InChI is InChI=1S/C17H20N4/c1-3-14(16(18)19)9-5-12(2)4-6-13-7-10-15(11-8-13)17(20)21/h3-11H,1H2,2H3,(H3,18,19)(H3,20,21)/b6-4+,12-5+,14-9+. The van der Waals surface area contributed by atoms with Crippen molar-refractivity contribution >= 4 is 17.7 Å². The van der Waals surface area contributed by atoms with E-state index >= 15 is 0 Å². The van der Waals surface area contributed by atoms with Gasteiger partial charge in [0.05, 0.1) is 0 Å². The molecule has 4 heteroatoms. The first-order chi connectivity index (χ1) is 9.93. The van der Waals surface area contributed by atoms with E-state index in [9.17, 15) is 0 Å². The molecular formula is C17H20N4. The minimum absolute atomic E-state index is 0.00199. The lowest BCUT2D eigenvalue weighted by molar-refractivity contribution is 1.42. The second-order valence-electron chi connectivity index (χ2n) is 4.52. The Hall–Kier alpha value is -2.88. The molecule has 0 amide bonds. The van der Waals surface area contributed by atoms with Crippen LogP contribution in [-0.2, 0) is 0 Å². The first-order valence-corrected chi connectivity index (χ1v) is 6.42. The zero-order chi connectivity index (χ0) is 15.8. The third-order valence-electron chi connectivity index (χ3n) is 2.82. The first-order valence-electron chi connectivity index (χ1n) is 6.42. The second-order valence-corrected chi connectivity index (χ2v) is 4.52. The van der Waals surface area contributed by atoms with Crippen molar-refractivity contribution in [1.82, 2.24) is 0 Å². The van der Waals surface area contributed by atoms with Crippen LogP contribution in [0.2, 0.25) is 0 Å². The van der Waals surface area contributed by atoms with E-state index < -0.39 is 0 Å². The molecule has 1 aromatic rings. The maximum Gasteiger partial charge on any atom is 0.122 e. The number of hydrogen-bond donors (Lipinski definition) is 4. The SMILES string of the molecule is C=C\C(=C/C=C(C)/C=C/c1ccc(C(=N)N)cc1)C(=N)N. The van der Waals surface area contributed by atoms with Crippen LogP contribution in [0.25, 0.3) is 6.08 Å². The molecule has 0 radical (unpaired) electrons. The Labute approximate surface area is 125 Å². The van der Waals surface area contributed by atoms with Crippen LogP contribution in [0.3, 0.4) is 0 Å². The smallest absolute Gasteiger partial charge is 0.122 e. The molecule has 0 bridgehead atoms. The summed E-state index contributed by atoms with van der Waals surface area (Å²) in [5.74, 6) is 0.0609. The fourth-order valence-electron chi connectivity index (χ4n) is 1.55. The van der Waals surface area contributed by atoms with Gasteiger partial charge in [0.25, 0.3) is 0 Å². The lowest BCUT2D eigenvalue weighted by Crippen LogP contribution is -2.10. The zero-order valence-electron chi connectivity index (χ0n) is 12.1. The minimum Gasteiger partial charge on any atom is -0.384 e. The molecule has 0 saturated carbocycles. The Morgan fingerprint density at radius 3 is 2.19 bits per heavy atom. The first kappa shape index (κ1) is 16.2. The van der Waals surface area contributed by atoms with Crippen molar-refractivity contribution in [1.29, 1.82) is 10.8 Å². The molecule has 21 heavy (non-hydrogen) atoms. The van der Waals surface area contributed by atoms with Crippen LogP contribution in [0, 0.1) is 10.8 Å². The van der Waals surface area contributed by atoms with Crippen molar-refractivity contribution in [3.05, 3.63) is 77.4 Å². The number of rotatable bonds is 6. The third-order valence-corrected chi connectivity index (χ3v) is 2.82. The molecule has 0 aliphatic rings. The molecule has 0 aromatic heterocycles. The lowest BCUT2D eigenvalue weighted by Gasteiger charge is -1.99. The van der Waals surface area contributed by atoms with Crippen LogP contribution < -0.4 is 11.5 Å². The van der Waals surface area contributed by atoms with Gasteiger partial charge in [-0.05, 0) is 12.5 Å². The molecule has 0 fully saturated rings. The van der Waals surface area contributed by atoms with E-state index in [0.717, 1.165) is 11.1 Å². The van der Waals surface area contributed by atoms with E-state index in [2.05, 4.69) is 6.58 Å². The monoisotopic (exact) mass is 280 g/mol. The van der Waals surface area contributed by atoms with Crippen molar-refractivity contribution in [3.8, 4) is 0 Å². The van der Waals surface area contributed by atoms with Gasteiger partial charge in [0.15, 0.2) is 0 Å². The Kier molecular flexibility index (Phi) is 5.89. The fourth-order valence-corrected chi connectivity index (χ4v) is 1.55. The Morgan fingerprint density at radius 1 is 1.10 bits per heavy atom. The maximum absolute atomic E-state index is 7.35. The maximum atomic E-state index is 7.35. The number of amidine groups is 2. The lowest BCUT2D eigenvalue weighted by atomic mass is 10.1. The quantitative estimate of drug-likeness (QED) is 0.366. The fraction of sp³-hybridized carbons (Fsp3) is 0.0588. The van der Waals surface area contributed by atoms with Crippen molar-refractivity contribution in [3.63, 3.8) is 0 Å². The second kappa shape index (κ2) is 7.65. The minimum atomic E-state index is -0.00199. The summed E-state index contributed by atoms with van der Waals surface area (Å²) in [7, 11) is 0. The molecule has 0 unspecified atom stereocenters. The topological polar surface area (TPSA) is 99.7 Å². The predicted molar refractivity (Wildman–Crippen MR) is 90.4 cm³/mol. The highest BCUT2D eigenvalue weighted by Gasteiger charge is 1.95. The predicted octanol–water partition coefficient (Wildman–Crippen LogP) is 2.98. The summed E-state index contributed by atoms with van der Waals surface area (Å²) < 4.78 is 0. The van der Waals surface area contributed by atoms with E-state index in [4.69, 9.17) is 22.3 Å². The largest absolute Gasteiger partial charge is 0.384 e. The average Bonchev–Trinajstić information content (AvgIpc) is 2.45.